The number of hydrogen-bond acceptors (Lipinski definition) is 5. The van der Waals surface area contributed by atoms with E-state index in [1.807, 2.05) is 38.1 Å². The first-order valence-electron chi connectivity index (χ1n) is 9.77. The molecule has 3 fully saturated rings. The summed E-state index contributed by atoms with van der Waals surface area (Å²) >= 11 is 0. The van der Waals surface area contributed by atoms with Gasteiger partial charge in [-0.1, -0.05) is 25.1 Å². The van der Waals surface area contributed by atoms with Crippen molar-refractivity contribution in [3.8, 4) is 0 Å². The Kier molecular flexibility index (Phi) is 3.16. The molecule has 1 saturated carbocycles. The van der Waals surface area contributed by atoms with Crippen LogP contribution in [0.15, 0.2) is 36.4 Å². The molecule has 2 aliphatic heterocycles. The van der Waals surface area contributed by atoms with Crippen molar-refractivity contribution < 1.29 is 19.4 Å². The number of esters is 1. The Bertz CT molecular complexity index is 894. The van der Waals surface area contributed by atoms with Crippen LogP contribution in [0, 0.1) is 24.2 Å². The minimum Gasteiger partial charge on any atom is -0.459 e. The van der Waals surface area contributed by atoms with E-state index in [4.69, 9.17) is 4.74 Å². The Morgan fingerprint density at radius 1 is 1.22 bits per heavy atom. The van der Waals surface area contributed by atoms with Gasteiger partial charge >= 0.3 is 5.97 Å². The molecule has 0 amide bonds. The van der Waals surface area contributed by atoms with Crippen LogP contribution in [0.3, 0.4) is 0 Å². The molecule has 4 aliphatic rings. The Morgan fingerprint density at radius 3 is 2.70 bits per heavy atom. The molecule has 5 heteroatoms. The number of hydrogen-bond donors (Lipinski definition) is 1. The number of allylic oxidation sites excluding steroid dienone is 1. The fourth-order valence-electron chi connectivity index (χ4n) is 5.92. The summed E-state index contributed by atoms with van der Waals surface area (Å²) in [5.74, 6) is -0.563. The zero-order chi connectivity index (χ0) is 19.2. The van der Waals surface area contributed by atoms with Crippen molar-refractivity contribution in [3.63, 3.8) is 0 Å². The molecule has 2 aliphatic carbocycles. The maximum atomic E-state index is 13.1. The molecular formula is C22H25NO4. The number of ether oxygens (including phenoxy) is 1. The Labute approximate surface area is 159 Å². The third kappa shape index (κ3) is 1.79. The number of anilines is 1. The maximum absolute atomic E-state index is 13.1. The van der Waals surface area contributed by atoms with Gasteiger partial charge in [-0.2, -0.15) is 0 Å². The van der Waals surface area contributed by atoms with E-state index in [0.29, 0.717) is 6.54 Å². The van der Waals surface area contributed by atoms with E-state index in [-0.39, 0.29) is 23.6 Å². The second-order valence-electron chi connectivity index (χ2n) is 8.93. The van der Waals surface area contributed by atoms with Crippen LogP contribution in [0.4, 0.5) is 5.69 Å². The Hall–Kier alpha value is -2.14. The van der Waals surface area contributed by atoms with Gasteiger partial charge in [0.1, 0.15) is 11.7 Å². The van der Waals surface area contributed by atoms with Crippen molar-refractivity contribution in [2.24, 2.45) is 17.3 Å². The Morgan fingerprint density at radius 2 is 1.96 bits per heavy atom. The monoisotopic (exact) mass is 367 g/mol. The molecule has 2 heterocycles. The first-order chi connectivity index (χ1) is 12.8. The number of nitrogens with zero attached hydrogens (tertiary/aromatic N) is 1. The van der Waals surface area contributed by atoms with Gasteiger partial charge in [-0.05, 0) is 56.4 Å². The molecule has 1 spiro atoms. The first kappa shape index (κ1) is 17.0. The average molecular weight is 367 g/mol. The molecule has 1 aromatic carbocycles. The van der Waals surface area contributed by atoms with Crippen LogP contribution in [0.5, 0.6) is 0 Å². The van der Waals surface area contributed by atoms with Gasteiger partial charge in [0.25, 0.3) is 0 Å². The van der Waals surface area contributed by atoms with Crippen LogP contribution in [0.25, 0.3) is 0 Å². The fraction of sp³-hybridized carbons (Fsp3) is 0.545. The third-order valence-corrected chi connectivity index (χ3v) is 7.81. The molecule has 27 heavy (non-hydrogen) atoms. The van der Waals surface area contributed by atoms with Crippen molar-refractivity contribution in [2.45, 2.75) is 50.9 Å². The molecule has 5 rings (SSSR count). The van der Waals surface area contributed by atoms with Crippen LogP contribution < -0.4 is 4.90 Å². The summed E-state index contributed by atoms with van der Waals surface area (Å²) in [6.07, 6.45) is 4.03. The van der Waals surface area contributed by atoms with Crippen molar-refractivity contribution in [1.29, 1.82) is 0 Å². The molecule has 0 bridgehead atoms. The van der Waals surface area contributed by atoms with Crippen LogP contribution in [-0.2, 0) is 14.3 Å². The molecule has 142 valence electrons. The predicted octanol–water partition coefficient (Wildman–Crippen LogP) is 2.40. The van der Waals surface area contributed by atoms with Crippen molar-refractivity contribution >= 4 is 17.4 Å². The van der Waals surface area contributed by atoms with Crippen LogP contribution in [-0.4, -0.2) is 40.6 Å². The van der Waals surface area contributed by atoms with Gasteiger partial charge in [-0.15, -0.1) is 0 Å². The molecule has 0 aromatic heterocycles. The summed E-state index contributed by atoms with van der Waals surface area (Å²) < 4.78 is 5.91. The van der Waals surface area contributed by atoms with Gasteiger partial charge < -0.3 is 14.7 Å². The predicted molar refractivity (Wildman–Crippen MR) is 100 cm³/mol. The molecule has 5 nitrogen and oxygen atoms in total. The van der Waals surface area contributed by atoms with Crippen molar-refractivity contribution in [3.05, 3.63) is 42.0 Å². The quantitative estimate of drug-likeness (QED) is 0.610. The zero-order valence-electron chi connectivity index (χ0n) is 15.9. The van der Waals surface area contributed by atoms with Gasteiger partial charge in [0.05, 0.1) is 12.0 Å². The minimum atomic E-state index is -1.27. The van der Waals surface area contributed by atoms with E-state index in [0.717, 1.165) is 24.1 Å². The van der Waals surface area contributed by atoms with Gasteiger partial charge in [0, 0.05) is 11.6 Å². The average Bonchev–Trinajstić information content (AvgIpc) is 3.27. The second kappa shape index (κ2) is 5.02. The van der Waals surface area contributed by atoms with Crippen LogP contribution in [0.1, 0.15) is 32.3 Å². The summed E-state index contributed by atoms with van der Waals surface area (Å²) in [5, 5.41) is 11.4. The second-order valence-corrected chi connectivity index (χ2v) is 8.93. The van der Waals surface area contributed by atoms with Gasteiger partial charge in [-0.25, -0.2) is 4.79 Å². The maximum Gasteiger partial charge on any atom is 0.334 e. The molecule has 0 radical (unpaired) electrons. The summed E-state index contributed by atoms with van der Waals surface area (Å²) in [7, 11) is 0. The number of rotatable bonds is 1. The number of carbonyl (C=O) groups excluding carboxylic acids is 2. The van der Waals surface area contributed by atoms with E-state index >= 15 is 0 Å². The summed E-state index contributed by atoms with van der Waals surface area (Å²) in [6.45, 7) is 6.42. The highest BCUT2D eigenvalue weighted by Gasteiger charge is 2.77. The number of fused-ring (bicyclic) bond motifs is 4. The molecular weight excluding hydrogens is 342 g/mol. The van der Waals surface area contributed by atoms with E-state index in [1.165, 1.54) is 6.08 Å². The normalized spacial score (nSPS) is 44.9. The van der Waals surface area contributed by atoms with Crippen molar-refractivity contribution in [2.75, 3.05) is 11.4 Å². The van der Waals surface area contributed by atoms with Crippen molar-refractivity contribution in [1.82, 2.24) is 0 Å². The Balaban J connectivity index is 1.59. The highest BCUT2D eigenvalue weighted by atomic mass is 16.6. The number of carbonyl (C=O) groups is 2. The van der Waals surface area contributed by atoms with Gasteiger partial charge in [0.2, 0.25) is 0 Å². The number of aryl methyl sites for hydroxylation is 1. The summed E-state index contributed by atoms with van der Waals surface area (Å²) in [5.41, 5.74) is -0.921. The third-order valence-electron chi connectivity index (χ3n) is 7.81. The highest BCUT2D eigenvalue weighted by molar-refractivity contribution is 6.02. The standard InChI is InChI=1S/C22H25NO4/c1-13-6-4-5-7-16(13)23-12-21(23)15-9-8-14(2)22(26)11-10-17(24)20(22,3)18(15)27-19(21)25/h4-7,10-11,14-15,18,26H,8-9,12H2,1-3H3/t14-,15+,18+,20-,21-,22+,23?/m0/s1. The molecule has 0 unspecified atom stereocenters. The lowest BCUT2D eigenvalue weighted by atomic mass is 9.64. The SMILES string of the molecule is Cc1ccccc1N1C[C@]12C(=O)O[C@@H]1[C@H]2CC[C@H](C)[C@]2(O)C=CC(=O)[C@@]12C. The molecule has 6 atom stereocenters. The van der Waals surface area contributed by atoms with E-state index < -0.39 is 22.7 Å². The van der Waals surface area contributed by atoms with Gasteiger partial charge in [-0.3, -0.25) is 4.79 Å². The summed E-state index contributed by atoms with van der Waals surface area (Å²) in [6, 6.07) is 8.04. The van der Waals surface area contributed by atoms with Crippen LogP contribution >= 0.6 is 0 Å². The largest absolute Gasteiger partial charge is 0.459 e. The highest BCUT2D eigenvalue weighted by Crippen LogP contribution is 2.62. The van der Waals surface area contributed by atoms with E-state index in [9.17, 15) is 14.7 Å². The molecule has 2 saturated heterocycles. The number of benzene rings is 1. The van der Waals surface area contributed by atoms with E-state index in [1.54, 1.807) is 13.0 Å². The minimum absolute atomic E-state index is 0.0720. The zero-order valence-corrected chi connectivity index (χ0v) is 15.9. The number of ketones is 1. The lowest BCUT2D eigenvalue weighted by molar-refractivity contribution is -0.166. The molecule has 1 N–H and O–H groups in total. The lowest BCUT2D eigenvalue weighted by Crippen LogP contribution is -2.57. The topological polar surface area (TPSA) is 66.6 Å². The lowest BCUT2D eigenvalue weighted by Gasteiger charge is -2.43. The van der Waals surface area contributed by atoms with Crippen LogP contribution in [0.2, 0.25) is 0 Å². The van der Waals surface area contributed by atoms with Gasteiger partial charge in [0.15, 0.2) is 11.3 Å². The van der Waals surface area contributed by atoms with E-state index in [2.05, 4.69) is 4.90 Å². The first-order valence-corrected chi connectivity index (χ1v) is 9.77. The smallest absolute Gasteiger partial charge is 0.334 e. The number of aliphatic hydroxyl groups is 1. The summed E-state index contributed by atoms with van der Waals surface area (Å²) in [4.78, 5) is 28.1. The fourth-order valence-corrected chi connectivity index (χ4v) is 5.92. The number of para-hydroxylation sites is 1. The molecule has 1 aromatic rings.